The number of ether oxygens (including phenoxy) is 1. The minimum Gasteiger partial charge on any atom is -0.473 e. The lowest BCUT2D eigenvalue weighted by atomic mass is 9.86. The van der Waals surface area contributed by atoms with E-state index in [1.54, 1.807) is 0 Å². The normalized spacial score (nSPS) is 21.7. The van der Waals surface area contributed by atoms with Gasteiger partial charge in [0.2, 0.25) is 0 Å². The van der Waals surface area contributed by atoms with Crippen molar-refractivity contribution in [3.05, 3.63) is 29.3 Å². The Balaban J connectivity index is 1.73. The molecule has 0 heterocycles. The van der Waals surface area contributed by atoms with Gasteiger partial charge in [-0.3, -0.25) is 0 Å². The first-order chi connectivity index (χ1) is 10.1. The van der Waals surface area contributed by atoms with Crippen LogP contribution >= 0.6 is 0 Å². The molecule has 4 heteroatoms. The first-order valence-corrected chi connectivity index (χ1v) is 7.80. The third kappa shape index (κ3) is 4.66. The molecule has 0 spiro atoms. The van der Waals surface area contributed by atoms with Crippen LogP contribution < -0.4 is 15.4 Å². The molecule has 116 valence electrons. The summed E-state index contributed by atoms with van der Waals surface area (Å²) >= 11 is 0. The van der Waals surface area contributed by atoms with Gasteiger partial charge >= 0.3 is 6.03 Å². The summed E-state index contributed by atoms with van der Waals surface area (Å²) in [5.41, 5.74) is 2.29. The monoisotopic (exact) mass is 290 g/mol. The molecular weight excluding hydrogens is 264 g/mol. The van der Waals surface area contributed by atoms with E-state index in [2.05, 4.69) is 23.6 Å². The number of carbonyl (C=O) groups is 1. The summed E-state index contributed by atoms with van der Waals surface area (Å²) < 4.78 is 5.61. The maximum absolute atomic E-state index is 11.9. The average molecular weight is 290 g/mol. The van der Waals surface area contributed by atoms with Gasteiger partial charge in [-0.15, -0.1) is 0 Å². The summed E-state index contributed by atoms with van der Waals surface area (Å²) in [6.45, 7) is 6.45. The van der Waals surface area contributed by atoms with Crippen LogP contribution in [0.5, 0.6) is 5.75 Å². The second-order valence-corrected chi connectivity index (χ2v) is 6.08. The van der Waals surface area contributed by atoms with Gasteiger partial charge in [0.25, 0.3) is 0 Å². The van der Waals surface area contributed by atoms with Crippen molar-refractivity contribution in [3.63, 3.8) is 0 Å². The molecule has 1 fully saturated rings. The van der Waals surface area contributed by atoms with Gasteiger partial charge in [0.05, 0.1) is 0 Å². The fourth-order valence-electron chi connectivity index (χ4n) is 2.89. The minimum absolute atomic E-state index is 0.140. The number of urea groups is 1. The predicted molar refractivity (Wildman–Crippen MR) is 84.5 cm³/mol. The van der Waals surface area contributed by atoms with Crippen LogP contribution in [0.15, 0.2) is 18.2 Å². The van der Waals surface area contributed by atoms with Gasteiger partial charge in [-0.1, -0.05) is 37.5 Å². The number of aryl methyl sites for hydroxylation is 2. The van der Waals surface area contributed by atoms with Crippen molar-refractivity contribution in [2.45, 2.75) is 52.5 Å². The zero-order chi connectivity index (χ0) is 15.2. The third-order valence-corrected chi connectivity index (χ3v) is 4.22. The third-order valence-electron chi connectivity index (χ3n) is 4.22. The molecule has 0 radical (unpaired) electrons. The molecule has 1 saturated carbocycles. The largest absolute Gasteiger partial charge is 0.473 e. The van der Waals surface area contributed by atoms with Crippen LogP contribution in [-0.2, 0) is 0 Å². The summed E-state index contributed by atoms with van der Waals surface area (Å²) in [6.07, 6.45) is 4.75. The van der Waals surface area contributed by atoms with Crippen molar-refractivity contribution < 1.29 is 9.53 Å². The Morgan fingerprint density at radius 2 is 2.05 bits per heavy atom. The van der Waals surface area contributed by atoms with E-state index in [9.17, 15) is 4.79 Å². The fraction of sp³-hybridized carbons (Fsp3) is 0.588. The van der Waals surface area contributed by atoms with Gasteiger partial charge < -0.3 is 15.4 Å². The minimum atomic E-state index is -0.140. The topological polar surface area (TPSA) is 50.4 Å². The smallest absolute Gasteiger partial charge is 0.317 e. The van der Waals surface area contributed by atoms with E-state index in [1.165, 1.54) is 24.8 Å². The van der Waals surface area contributed by atoms with E-state index in [4.69, 9.17) is 4.74 Å². The number of amides is 2. The van der Waals surface area contributed by atoms with E-state index < -0.39 is 0 Å². The number of carbonyl (C=O) groups excluding carboxylic acids is 1. The van der Waals surface area contributed by atoms with E-state index in [-0.39, 0.29) is 12.8 Å². The van der Waals surface area contributed by atoms with Crippen molar-refractivity contribution >= 4 is 6.03 Å². The maximum atomic E-state index is 11.9. The second-order valence-electron chi connectivity index (χ2n) is 6.08. The van der Waals surface area contributed by atoms with E-state index in [0.29, 0.717) is 12.0 Å². The Bertz CT molecular complexity index is 488. The molecule has 0 saturated heterocycles. The Kier molecular flexibility index (Phi) is 5.48. The van der Waals surface area contributed by atoms with E-state index in [0.717, 1.165) is 17.7 Å². The molecule has 0 aromatic heterocycles. The van der Waals surface area contributed by atoms with Crippen molar-refractivity contribution in [2.75, 3.05) is 6.73 Å². The van der Waals surface area contributed by atoms with Crippen molar-refractivity contribution in [1.29, 1.82) is 0 Å². The van der Waals surface area contributed by atoms with Gasteiger partial charge in [-0.25, -0.2) is 4.79 Å². The highest BCUT2D eigenvalue weighted by Gasteiger charge is 2.22. The fourth-order valence-corrected chi connectivity index (χ4v) is 2.89. The molecule has 2 atom stereocenters. The lowest BCUT2D eigenvalue weighted by Crippen LogP contribution is -2.46. The molecule has 2 amide bonds. The van der Waals surface area contributed by atoms with Gasteiger partial charge in [-0.05, 0) is 44.2 Å². The maximum Gasteiger partial charge on any atom is 0.317 e. The number of hydrogen-bond acceptors (Lipinski definition) is 2. The van der Waals surface area contributed by atoms with Crippen LogP contribution in [-0.4, -0.2) is 18.8 Å². The molecule has 2 N–H and O–H groups in total. The van der Waals surface area contributed by atoms with Crippen molar-refractivity contribution in [2.24, 2.45) is 5.92 Å². The second kappa shape index (κ2) is 7.34. The molecule has 1 aliphatic carbocycles. The van der Waals surface area contributed by atoms with Crippen LogP contribution in [0.4, 0.5) is 4.79 Å². The van der Waals surface area contributed by atoms with Crippen LogP contribution in [0, 0.1) is 19.8 Å². The molecular formula is C17H26N2O2. The molecule has 21 heavy (non-hydrogen) atoms. The lowest BCUT2D eigenvalue weighted by Gasteiger charge is -2.29. The van der Waals surface area contributed by atoms with Crippen molar-refractivity contribution in [1.82, 2.24) is 10.6 Å². The van der Waals surface area contributed by atoms with Gasteiger partial charge in [0.1, 0.15) is 5.75 Å². The summed E-state index contributed by atoms with van der Waals surface area (Å²) in [5, 5.41) is 5.82. The lowest BCUT2D eigenvalue weighted by molar-refractivity contribution is 0.208. The summed E-state index contributed by atoms with van der Waals surface area (Å²) in [6, 6.07) is 6.16. The highest BCUT2D eigenvalue weighted by Crippen LogP contribution is 2.23. The quantitative estimate of drug-likeness (QED) is 0.834. The molecule has 1 aromatic carbocycles. The Morgan fingerprint density at radius 3 is 2.76 bits per heavy atom. The van der Waals surface area contributed by atoms with Crippen LogP contribution in [0.2, 0.25) is 0 Å². The molecule has 0 aliphatic heterocycles. The number of hydrogen-bond donors (Lipinski definition) is 2. The zero-order valence-corrected chi connectivity index (χ0v) is 13.2. The first kappa shape index (κ1) is 15.7. The van der Waals surface area contributed by atoms with E-state index in [1.807, 2.05) is 26.0 Å². The first-order valence-electron chi connectivity index (χ1n) is 7.80. The van der Waals surface area contributed by atoms with Crippen LogP contribution in [0.25, 0.3) is 0 Å². The standard InChI is InChI=1S/C17H26N2O2/c1-12-8-9-16(14(3)10-12)21-11-18-17(20)19-15-7-5-4-6-13(15)2/h8-10,13,15H,4-7,11H2,1-3H3,(H2,18,19,20). The molecule has 1 aromatic rings. The average Bonchev–Trinajstić information content (AvgIpc) is 2.44. The van der Waals surface area contributed by atoms with Crippen LogP contribution in [0.1, 0.15) is 43.7 Å². The number of nitrogens with one attached hydrogen (secondary N) is 2. The number of rotatable bonds is 4. The molecule has 1 aliphatic rings. The summed E-state index contributed by atoms with van der Waals surface area (Å²) in [7, 11) is 0. The van der Waals surface area contributed by atoms with Crippen LogP contribution in [0.3, 0.4) is 0 Å². The van der Waals surface area contributed by atoms with Gasteiger partial charge in [-0.2, -0.15) is 0 Å². The summed E-state index contributed by atoms with van der Waals surface area (Å²) in [4.78, 5) is 11.9. The van der Waals surface area contributed by atoms with Gasteiger partial charge in [0, 0.05) is 6.04 Å². The molecule has 4 nitrogen and oxygen atoms in total. The predicted octanol–water partition coefficient (Wildman–Crippen LogP) is 3.52. The van der Waals surface area contributed by atoms with Gasteiger partial charge in [0.15, 0.2) is 6.73 Å². The zero-order valence-electron chi connectivity index (χ0n) is 13.2. The Morgan fingerprint density at radius 1 is 1.29 bits per heavy atom. The highest BCUT2D eigenvalue weighted by molar-refractivity contribution is 5.74. The molecule has 0 bridgehead atoms. The van der Waals surface area contributed by atoms with E-state index >= 15 is 0 Å². The highest BCUT2D eigenvalue weighted by atomic mass is 16.5. The molecule has 2 unspecified atom stereocenters. The number of benzene rings is 1. The summed E-state index contributed by atoms with van der Waals surface area (Å²) in [5.74, 6) is 1.37. The SMILES string of the molecule is Cc1ccc(OCNC(=O)NC2CCCCC2C)c(C)c1. The Labute approximate surface area is 127 Å². The Hall–Kier alpha value is -1.71. The molecule has 2 rings (SSSR count). The van der Waals surface area contributed by atoms with Crippen molar-refractivity contribution in [3.8, 4) is 5.75 Å².